The van der Waals surface area contributed by atoms with Crippen LogP contribution in [0.3, 0.4) is 0 Å². The smallest absolute Gasteiger partial charge is 0.207 e. The van der Waals surface area contributed by atoms with Crippen LogP contribution in [0, 0.1) is 5.92 Å². The number of benzene rings is 1. The van der Waals surface area contributed by atoms with E-state index >= 15 is 0 Å². The van der Waals surface area contributed by atoms with Gasteiger partial charge in [0.05, 0.1) is 10.3 Å². The molecule has 1 aromatic rings. The van der Waals surface area contributed by atoms with Crippen LogP contribution >= 0.6 is 0 Å². The zero-order valence-corrected chi connectivity index (χ0v) is 9.66. The molecule has 80 valence electrons. The van der Waals surface area contributed by atoms with Crippen LogP contribution in [0.4, 0.5) is 0 Å². The van der Waals surface area contributed by atoms with Crippen molar-refractivity contribution in [2.75, 3.05) is 0 Å². The molecule has 0 unspecified atom stereocenters. The fourth-order valence-electron chi connectivity index (χ4n) is 1.000. The third-order valence-corrected chi connectivity index (χ3v) is 3.10. The molecule has 0 aromatic heterocycles. The van der Waals surface area contributed by atoms with Gasteiger partial charge in [0.15, 0.2) is 0 Å². The van der Waals surface area contributed by atoms with Gasteiger partial charge in [-0.2, -0.15) is 0 Å². The second kappa shape index (κ2) is 4.96. The number of hydrogen-bond donors (Lipinski definition) is 0. The summed E-state index contributed by atoms with van der Waals surface area (Å²) < 4.78 is 23.4. The van der Waals surface area contributed by atoms with Crippen LogP contribution in [0.25, 0.3) is 0 Å². The first-order chi connectivity index (χ1) is 7.02. The highest BCUT2D eigenvalue weighted by Gasteiger charge is 2.07. The Morgan fingerprint density at radius 3 is 2.33 bits per heavy atom. The standard InChI is InChI=1S/C12H14O2S/c1-11(2)7-6-10-15(13,14)12-8-4-3-5-9-12/h3-5,7-11H,1-2H3. The van der Waals surface area contributed by atoms with E-state index in [0.717, 1.165) is 5.41 Å². The van der Waals surface area contributed by atoms with Crippen LogP contribution in [0.5, 0.6) is 0 Å². The molecule has 0 amide bonds. The van der Waals surface area contributed by atoms with Gasteiger partial charge in [0, 0.05) is 0 Å². The number of rotatable bonds is 3. The van der Waals surface area contributed by atoms with Gasteiger partial charge >= 0.3 is 0 Å². The highest BCUT2D eigenvalue weighted by atomic mass is 32.2. The Labute approximate surface area is 90.9 Å². The first-order valence-corrected chi connectivity index (χ1v) is 6.30. The predicted molar refractivity (Wildman–Crippen MR) is 61.1 cm³/mol. The summed E-state index contributed by atoms with van der Waals surface area (Å²) in [5, 5.41) is 1.11. The molecule has 0 spiro atoms. The van der Waals surface area contributed by atoms with Crippen molar-refractivity contribution < 1.29 is 8.42 Å². The average molecular weight is 222 g/mol. The van der Waals surface area contributed by atoms with Crippen molar-refractivity contribution >= 4 is 9.84 Å². The SMILES string of the molecule is CC(C)C=C=CS(=O)(=O)c1ccccc1. The Morgan fingerprint density at radius 2 is 1.80 bits per heavy atom. The molecule has 1 rings (SSSR count). The van der Waals surface area contributed by atoms with E-state index in [1.807, 2.05) is 13.8 Å². The van der Waals surface area contributed by atoms with Crippen molar-refractivity contribution in [1.29, 1.82) is 0 Å². The molecule has 0 atom stereocenters. The molecule has 0 fully saturated rings. The number of allylic oxidation sites excluding steroid dienone is 1. The van der Waals surface area contributed by atoms with Gasteiger partial charge in [0.25, 0.3) is 0 Å². The Morgan fingerprint density at radius 1 is 1.20 bits per heavy atom. The zero-order chi connectivity index (χ0) is 11.3. The molecule has 0 aliphatic heterocycles. The van der Waals surface area contributed by atoms with Crippen molar-refractivity contribution in [2.45, 2.75) is 18.7 Å². The highest BCUT2D eigenvalue weighted by molar-refractivity contribution is 7.94. The van der Waals surface area contributed by atoms with Crippen LogP contribution in [-0.2, 0) is 9.84 Å². The summed E-state index contributed by atoms with van der Waals surface area (Å²) in [7, 11) is -3.32. The topological polar surface area (TPSA) is 34.1 Å². The van der Waals surface area contributed by atoms with E-state index in [1.54, 1.807) is 36.4 Å². The Bertz CT molecular complexity index is 464. The van der Waals surface area contributed by atoms with E-state index in [9.17, 15) is 8.42 Å². The zero-order valence-electron chi connectivity index (χ0n) is 8.84. The molecule has 0 bridgehead atoms. The maximum Gasteiger partial charge on any atom is 0.207 e. The van der Waals surface area contributed by atoms with E-state index in [4.69, 9.17) is 0 Å². The summed E-state index contributed by atoms with van der Waals surface area (Å²) in [4.78, 5) is 0.301. The second-order valence-electron chi connectivity index (χ2n) is 3.55. The normalized spacial score (nSPS) is 10.9. The van der Waals surface area contributed by atoms with Gasteiger partial charge in [-0.3, -0.25) is 0 Å². The Kier molecular flexibility index (Phi) is 3.89. The highest BCUT2D eigenvalue weighted by Crippen LogP contribution is 2.10. The summed E-state index contributed by atoms with van der Waals surface area (Å²) in [6, 6.07) is 8.33. The largest absolute Gasteiger partial charge is 0.218 e. The Balaban J connectivity index is 3.01. The molecule has 0 heterocycles. The third kappa shape index (κ3) is 3.74. The molecular formula is C12H14O2S. The molecule has 0 N–H and O–H groups in total. The van der Waals surface area contributed by atoms with Crippen LogP contribution in [0.1, 0.15) is 13.8 Å². The van der Waals surface area contributed by atoms with Crippen LogP contribution < -0.4 is 0 Å². The summed E-state index contributed by atoms with van der Waals surface area (Å²) >= 11 is 0. The maximum atomic E-state index is 11.7. The number of hydrogen-bond acceptors (Lipinski definition) is 2. The lowest BCUT2D eigenvalue weighted by Gasteiger charge is -1.95. The van der Waals surface area contributed by atoms with E-state index in [1.165, 1.54) is 0 Å². The molecule has 0 aliphatic rings. The fourth-order valence-corrected chi connectivity index (χ4v) is 1.93. The van der Waals surface area contributed by atoms with Gasteiger partial charge in [-0.25, -0.2) is 8.42 Å². The van der Waals surface area contributed by atoms with Crippen molar-refractivity contribution in [3.8, 4) is 0 Å². The van der Waals surface area contributed by atoms with Crippen LogP contribution in [0.15, 0.2) is 52.4 Å². The van der Waals surface area contributed by atoms with Crippen molar-refractivity contribution in [1.82, 2.24) is 0 Å². The van der Waals surface area contributed by atoms with Gasteiger partial charge in [0.1, 0.15) is 0 Å². The monoisotopic (exact) mass is 222 g/mol. The van der Waals surface area contributed by atoms with Gasteiger partial charge in [-0.1, -0.05) is 32.0 Å². The van der Waals surface area contributed by atoms with Gasteiger partial charge < -0.3 is 0 Å². The average Bonchev–Trinajstić information content (AvgIpc) is 2.18. The minimum absolute atomic E-state index is 0.298. The predicted octanol–water partition coefficient (Wildman–Crippen LogP) is 2.79. The summed E-state index contributed by atoms with van der Waals surface area (Å²) in [6.45, 7) is 3.94. The van der Waals surface area contributed by atoms with Crippen LogP contribution in [-0.4, -0.2) is 8.42 Å². The minimum Gasteiger partial charge on any atom is -0.218 e. The van der Waals surface area contributed by atoms with E-state index in [-0.39, 0.29) is 0 Å². The second-order valence-corrected chi connectivity index (χ2v) is 5.35. The van der Waals surface area contributed by atoms with Gasteiger partial charge in [-0.15, -0.1) is 5.73 Å². The lowest BCUT2D eigenvalue weighted by atomic mass is 10.2. The minimum atomic E-state index is -3.32. The fraction of sp³-hybridized carbons (Fsp3) is 0.250. The Hall–Kier alpha value is -1.31. The molecule has 3 heteroatoms. The summed E-state index contributed by atoms with van der Waals surface area (Å²) in [6.07, 6.45) is 1.72. The third-order valence-electron chi connectivity index (χ3n) is 1.72. The molecule has 2 nitrogen and oxygen atoms in total. The molecule has 0 aliphatic carbocycles. The first-order valence-electron chi connectivity index (χ1n) is 4.75. The molecule has 15 heavy (non-hydrogen) atoms. The lowest BCUT2D eigenvalue weighted by Crippen LogP contribution is -1.94. The first kappa shape index (κ1) is 11.8. The van der Waals surface area contributed by atoms with Crippen molar-refractivity contribution in [3.63, 3.8) is 0 Å². The molecular weight excluding hydrogens is 208 g/mol. The molecule has 0 radical (unpaired) electrons. The quantitative estimate of drug-likeness (QED) is 0.737. The molecule has 0 saturated carbocycles. The van der Waals surface area contributed by atoms with E-state index in [0.29, 0.717) is 10.8 Å². The van der Waals surface area contributed by atoms with Crippen LogP contribution in [0.2, 0.25) is 0 Å². The molecule has 0 saturated heterocycles. The van der Waals surface area contributed by atoms with Crippen molar-refractivity contribution in [3.05, 3.63) is 47.5 Å². The lowest BCUT2D eigenvalue weighted by molar-refractivity contribution is 0.604. The summed E-state index contributed by atoms with van der Waals surface area (Å²) in [5.74, 6) is 0.298. The van der Waals surface area contributed by atoms with Crippen molar-refractivity contribution in [2.24, 2.45) is 5.92 Å². The summed E-state index contributed by atoms with van der Waals surface area (Å²) in [5.41, 5.74) is 2.69. The van der Waals surface area contributed by atoms with E-state index < -0.39 is 9.84 Å². The number of sulfone groups is 1. The molecule has 1 aromatic carbocycles. The maximum absolute atomic E-state index is 11.7. The van der Waals surface area contributed by atoms with Gasteiger partial charge in [-0.05, 0) is 24.1 Å². The van der Waals surface area contributed by atoms with E-state index in [2.05, 4.69) is 5.73 Å². The van der Waals surface area contributed by atoms with Gasteiger partial charge in [0.2, 0.25) is 9.84 Å².